The number of nitrogens with one attached hydrogen (secondary N) is 2. The van der Waals surface area contributed by atoms with E-state index in [0.717, 1.165) is 0 Å². The fourth-order valence-corrected chi connectivity index (χ4v) is 1.01. The van der Waals surface area contributed by atoms with Gasteiger partial charge >= 0.3 is 5.97 Å². The van der Waals surface area contributed by atoms with Gasteiger partial charge in [0.15, 0.2) is 0 Å². The molecule has 102 valence electrons. The van der Waals surface area contributed by atoms with Crippen LogP contribution in [0.2, 0.25) is 0 Å². The van der Waals surface area contributed by atoms with Crippen molar-refractivity contribution >= 4 is 23.7 Å². The van der Waals surface area contributed by atoms with Crippen molar-refractivity contribution in [3.05, 3.63) is 0 Å². The lowest BCUT2D eigenvalue weighted by Crippen LogP contribution is -2.51. The van der Waals surface area contributed by atoms with Crippen LogP contribution in [0.25, 0.3) is 0 Å². The van der Waals surface area contributed by atoms with Gasteiger partial charge in [-0.15, -0.1) is 0 Å². The molecule has 0 spiro atoms. The normalized spacial score (nSPS) is 13.2. The molecule has 0 heterocycles. The van der Waals surface area contributed by atoms with Crippen LogP contribution >= 0.6 is 0 Å². The minimum absolute atomic E-state index is 0.338. The highest BCUT2D eigenvalue weighted by molar-refractivity contribution is 5.92. The Kier molecular flexibility index (Phi) is 6.35. The quantitative estimate of drug-likeness (QED) is 0.325. The molecule has 0 fully saturated rings. The average molecular weight is 260 g/mol. The highest BCUT2D eigenvalue weighted by Gasteiger charge is 2.21. The second-order valence-electron chi connectivity index (χ2n) is 3.62. The van der Waals surface area contributed by atoms with Gasteiger partial charge in [0.1, 0.15) is 12.6 Å². The highest BCUT2D eigenvalue weighted by Crippen LogP contribution is 1.90. The van der Waals surface area contributed by atoms with E-state index in [1.54, 1.807) is 0 Å². The Labute approximate surface area is 103 Å². The van der Waals surface area contributed by atoms with Crippen molar-refractivity contribution in [3.8, 4) is 0 Å². The van der Waals surface area contributed by atoms with Gasteiger partial charge in [-0.2, -0.15) is 0 Å². The van der Waals surface area contributed by atoms with Gasteiger partial charge in [-0.1, -0.05) is 0 Å². The molecule has 0 radical (unpaired) electrons. The van der Waals surface area contributed by atoms with Crippen LogP contribution in [-0.4, -0.2) is 47.4 Å². The fraction of sp³-hybridized carbons (Fsp3) is 0.556. The summed E-state index contributed by atoms with van der Waals surface area (Å²) in [4.78, 5) is 43.4. The second kappa shape index (κ2) is 7.22. The summed E-state index contributed by atoms with van der Waals surface area (Å²) in [6, 6.07) is -2.10. The van der Waals surface area contributed by atoms with Crippen LogP contribution in [0.4, 0.5) is 0 Å². The lowest BCUT2D eigenvalue weighted by atomic mass is 10.2. The number of carboxylic acids is 1. The van der Waals surface area contributed by atoms with Crippen LogP contribution in [0, 0.1) is 0 Å². The molecule has 9 nitrogen and oxygen atoms in total. The van der Waals surface area contributed by atoms with E-state index in [9.17, 15) is 19.2 Å². The Bertz CT molecular complexity index is 357. The van der Waals surface area contributed by atoms with Gasteiger partial charge in [-0.05, 0) is 6.92 Å². The Morgan fingerprint density at radius 1 is 1.22 bits per heavy atom. The monoisotopic (exact) mass is 260 g/mol. The van der Waals surface area contributed by atoms with E-state index in [2.05, 4.69) is 10.6 Å². The molecule has 0 rings (SSSR count). The molecular weight excluding hydrogens is 244 g/mol. The standard InChI is InChI=1S/C9H16N4O5/c1-4(8(17)12-3-7(15)16)13-9(18)5(10)2-6(11)14/h4-5H,2-3,10H2,1H3,(H2,11,14)(H,12,17)(H,13,18)(H,15,16). The zero-order valence-corrected chi connectivity index (χ0v) is 9.80. The summed E-state index contributed by atoms with van der Waals surface area (Å²) in [5.74, 6) is -3.32. The van der Waals surface area contributed by atoms with Gasteiger partial charge in [-0.3, -0.25) is 19.2 Å². The molecule has 0 aromatic rings. The molecule has 0 bridgehead atoms. The molecular formula is C9H16N4O5. The van der Waals surface area contributed by atoms with E-state index in [0.29, 0.717) is 0 Å². The lowest BCUT2D eigenvalue weighted by molar-refractivity contribution is -0.138. The van der Waals surface area contributed by atoms with Crippen molar-refractivity contribution in [1.29, 1.82) is 0 Å². The summed E-state index contributed by atoms with van der Waals surface area (Å²) in [6.07, 6.45) is -0.338. The van der Waals surface area contributed by atoms with Crippen molar-refractivity contribution in [2.75, 3.05) is 6.54 Å². The van der Waals surface area contributed by atoms with Crippen LogP contribution in [0.3, 0.4) is 0 Å². The number of hydrogen-bond donors (Lipinski definition) is 5. The number of rotatable bonds is 7. The zero-order chi connectivity index (χ0) is 14.3. The molecule has 0 aromatic carbocycles. The predicted octanol–water partition coefficient (Wildman–Crippen LogP) is -3.11. The number of carboxylic acid groups (broad SMARTS) is 1. The van der Waals surface area contributed by atoms with Crippen LogP contribution in [0.1, 0.15) is 13.3 Å². The van der Waals surface area contributed by atoms with Gasteiger partial charge < -0.3 is 27.2 Å². The van der Waals surface area contributed by atoms with Gasteiger partial charge in [0.2, 0.25) is 17.7 Å². The molecule has 0 aliphatic rings. The molecule has 18 heavy (non-hydrogen) atoms. The topological polar surface area (TPSA) is 165 Å². The van der Waals surface area contributed by atoms with E-state index in [-0.39, 0.29) is 6.42 Å². The van der Waals surface area contributed by atoms with E-state index >= 15 is 0 Å². The molecule has 0 aromatic heterocycles. The van der Waals surface area contributed by atoms with E-state index in [1.807, 2.05) is 0 Å². The third kappa shape index (κ3) is 6.43. The Balaban J connectivity index is 4.17. The molecule has 0 aliphatic carbocycles. The first-order chi connectivity index (χ1) is 8.23. The van der Waals surface area contributed by atoms with Crippen molar-refractivity contribution < 1.29 is 24.3 Å². The highest BCUT2D eigenvalue weighted by atomic mass is 16.4. The maximum atomic E-state index is 11.4. The number of amides is 3. The summed E-state index contributed by atoms with van der Waals surface area (Å²) in [6.45, 7) is 0.804. The molecule has 2 atom stereocenters. The van der Waals surface area contributed by atoms with Crippen LogP contribution < -0.4 is 22.1 Å². The van der Waals surface area contributed by atoms with Crippen LogP contribution in [0.15, 0.2) is 0 Å². The fourth-order valence-electron chi connectivity index (χ4n) is 1.01. The summed E-state index contributed by atoms with van der Waals surface area (Å²) >= 11 is 0. The van der Waals surface area contributed by atoms with E-state index in [1.165, 1.54) is 6.92 Å². The van der Waals surface area contributed by atoms with Gasteiger partial charge in [-0.25, -0.2) is 0 Å². The van der Waals surface area contributed by atoms with E-state index in [4.69, 9.17) is 16.6 Å². The largest absolute Gasteiger partial charge is 0.480 e. The molecule has 0 saturated carbocycles. The summed E-state index contributed by atoms with van der Waals surface area (Å²) in [5.41, 5.74) is 10.2. The van der Waals surface area contributed by atoms with Crippen molar-refractivity contribution in [1.82, 2.24) is 10.6 Å². The maximum absolute atomic E-state index is 11.4. The molecule has 9 heteroatoms. The van der Waals surface area contributed by atoms with Gasteiger partial charge in [0.25, 0.3) is 0 Å². The molecule has 0 saturated heterocycles. The number of carbonyl (C=O) groups is 4. The Morgan fingerprint density at radius 3 is 2.22 bits per heavy atom. The first-order valence-corrected chi connectivity index (χ1v) is 5.07. The number of hydrogen-bond acceptors (Lipinski definition) is 5. The number of aliphatic carboxylic acids is 1. The predicted molar refractivity (Wildman–Crippen MR) is 60.0 cm³/mol. The number of nitrogens with two attached hydrogens (primary N) is 2. The Hall–Kier alpha value is -2.16. The summed E-state index contributed by atoms with van der Waals surface area (Å²) in [7, 11) is 0. The first-order valence-electron chi connectivity index (χ1n) is 5.07. The zero-order valence-electron chi connectivity index (χ0n) is 9.80. The molecule has 3 amide bonds. The first kappa shape index (κ1) is 15.8. The number of carbonyl (C=O) groups excluding carboxylic acids is 3. The van der Waals surface area contributed by atoms with Gasteiger partial charge in [0.05, 0.1) is 12.5 Å². The number of primary amides is 1. The van der Waals surface area contributed by atoms with Gasteiger partial charge in [0, 0.05) is 0 Å². The van der Waals surface area contributed by atoms with Crippen LogP contribution in [0.5, 0.6) is 0 Å². The summed E-state index contributed by atoms with van der Waals surface area (Å²) < 4.78 is 0. The second-order valence-corrected chi connectivity index (χ2v) is 3.62. The van der Waals surface area contributed by atoms with Crippen molar-refractivity contribution in [3.63, 3.8) is 0 Å². The van der Waals surface area contributed by atoms with E-state index < -0.39 is 42.3 Å². The van der Waals surface area contributed by atoms with Crippen molar-refractivity contribution in [2.45, 2.75) is 25.4 Å². The minimum atomic E-state index is -1.20. The Morgan fingerprint density at radius 2 is 1.78 bits per heavy atom. The third-order valence-corrected chi connectivity index (χ3v) is 1.92. The van der Waals surface area contributed by atoms with Crippen LogP contribution in [-0.2, 0) is 19.2 Å². The minimum Gasteiger partial charge on any atom is -0.480 e. The molecule has 0 aliphatic heterocycles. The van der Waals surface area contributed by atoms with Crippen molar-refractivity contribution in [2.24, 2.45) is 11.5 Å². The SMILES string of the molecule is CC(NC(=O)C(N)CC(N)=O)C(=O)NCC(=O)O. The average Bonchev–Trinajstić information content (AvgIpc) is 2.24. The molecule has 7 N–H and O–H groups in total. The molecule has 2 unspecified atom stereocenters. The third-order valence-electron chi connectivity index (χ3n) is 1.92. The summed E-state index contributed by atoms with van der Waals surface area (Å²) in [5, 5.41) is 12.7. The smallest absolute Gasteiger partial charge is 0.322 e. The lowest BCUT2D eigenvalue weighted by Gasteiger charge is -2.16. The maximum Gasteiger partial charge on any atom is 0.322 e.